The summed E-state index contributed by atoms with van der Waals surface area (Å²) in [4.78, 5) is 15.0. The summed E-state index contributed by atoms with van der Waals surface area (Å²) in [6, 6.07) is 5.84. The van der Waals surface area contributed by atoms with Crippen molar-refractivity contribution in [2.24, 2.45) is 0 Å². The van der Waals surface area contributed by atoms with E-state index in [9.17, 15) is 4.79 Å². The van der Waals surface area contributed by atoms with Crippen LogP contribution in [0.4, 0.5) is 0 Å². The number of pyridine rings is 1. The van der Waals surface area contributed by atoms with E-state index in [1.807, 2.05) is 45.2 Å². The highest BCUT2D eigenvalue weighted by Gasteiger charge is 2.23. The predicted molar refractivity (Wildman–Crippen MR) is 112 cm³/mol. The third-order valence-corrected chi connectivity index (χ3v) is 5.18. The highest BCUT2D eigenvalue weighted by atomic mass is 16.5. The Hall–Kier alpha value is -3.06. The van der Waals surface area contributed by atoms with Crippen LogP contribution in [0.5, 0.6) is 0 Å². The lowest BCUT2D eigenvalue weighted by Gasteiger charge is -2.31. The third-order valence-electron chi connectivity index (χ3n) is 5.18. The van der Waals surface area contributed by atoms with Crippen LogP contribution in [0, 0.1) is 6.92 Å². The number of aromatic nitrogens is 3. The van der Waals surface area contributed by atoms with Gasteiger partial charge >= 0.3 is 5.97 Å². The first-order valence-electron chi connectivity index (χ1n) is 9.84. The van der Waals surface area contributed by atoms with Gasteiger partial charge in [-0.25, -0.2) is 4.79 Å². The maximum Gasteiger partial charge on any atom is 0.338 e. The molecule has 0 radical (unpaired) electrons. The number of nitrogens with one attached hydrogen (secondary N) is 1. The summed E-state index contributed by atoms with van der Waals surface area (Å²) < 4.78 is 13.1. The number of fused-ring (bicyclic) bond motifs is 1. The summed E-state index contributed by atoms with van der Waals surface area (Å²) in [7, 11) is 0. The monoisotopic (exact) mass is 394 g/mol. The van der Waals surface area contributed by atoms with Gasteiger partial charge in [0.1, 0.15) is 0 Å². The zero-order valence-electron chi connectivity index (χ0n) is 17.1. The molecular formula is C22H26N4O3. The Kier molecular flexibility index (Phi) is 5.15. The van der Waals surface area contributed by atoms with Crippen LogP contribution in [0.1, 0.15) is 35.5 Å². The Morgan fingerprint density at radius 2 is 2.07 bits per heavy atom. The van der Waals surface area contributed by atoms with Gasteiger partial charge in [0.25, 0.3) is 0 Å². The molecule has 1 saturated heterocycles. The smallest absolute Gasteiger partial charge is 0.338 e. The van der Waals surface area contributed by atoms with E-state index in [2.05, 4.69) is 26.1 Å². The average molecular weight is 394 g/mol. The van der Waals surface area contributed by atoms with Gasteiger partial charge in [-0.3, -0.25) is 5.10 Å². The Morgan fingerprint density at radius 3 is 2.72 bits per heavy atom. The number of carbonyl (C=O) groups excluding carboxylic acids is 1. The van der Waals surface area contributed by atoms with Crippen molar-refractivity contribution in [1.82, 2.24) is 19.5 Å². The standard InChI is InChI=1S/C22H26N4O3/c1-14(2)29-22(27)19-12-18-11-17(20-5-6-23-24-20)13-26(18)21(15(19)3)16(4)25-7-9-28-10-8-25/h5-6,11-14H,4,7-10H2,1-3H3,(H,23,24). The fourth-order valence-corrected chi connectivity index (χ4v) is 3.74. The molecule has 0 saturated carbocycles. The van der Waals surface area contributed by atoms with Gasteiger partial charge < -0.3 is 18.8 Å². The first kappa shape index (κ1) is 19.3. The van der Waals surface area contributed by atoms with Crippen LogP contribution in [0.2, 0.25) is 0 Å². The number of hydrogen-bond donors (Lipinski definition) is 1. The molecule has 0 bridgehead atoms. The molecule has 1 aliphatic heterocycles. The van der Waals surface area contributed by atoms with E-state index in [0.29, 0.717) is 18.8 Å². The van der Waals surface area contributed by atoms with Crippen LogP contribution in [0.3, 0.4) is 0 Å². The maximum absolute atomic E-state index is 12.8. The Labute approximate surface area is 169 Å². The van der Waals surface area contributed by atoms with E-state index >= 15 is 0 Å². The molecule has 0 atom stereocenters. The number of hydrogen-bond acceptors (Lipinski definition) is 5. The van der Waals surface area contributed by atoms with E-state index < -0.39 is 0 Å². The van der Waals surface area contributed by atoms with Crippen LogP contribution in [-0.2, 0) is 9.47 Å². The minimum absolute atomic E-state index is 0.184. The summed E-state index contributed by atoms with van der Waals surface area (Å²) in [6.45, 7) is 12.9. The van der Waals surface area contributed by atoms with Crippen molar-refractivity contribution in [3.05, 3.63) is 54.0 Å². The summed E-state index contributed by atoms with van der Waals surface area (Å²) >= 11 is 0. The fourth-order valence-electron chi connectivity index (χ4n) is 3.74. The molecule has 0 spiro atoms. The molecule has 0 amide bonds. The van der Waals surface area contributed by atoms with Gasteiger partial charge in [0.2, 0.25) is 0 Å². The molecule has 3 aromatic heterocycles. The number of aromatic amines is 1. The minimum Gasteiger partial charge on any atom is -0.459 e. The topological polar surface area (TPSA) is 71.9 Å². The predicted octanol–water partition coefficient (Wildman–Crippen LogP) is 3.51. The number of morpholine rings is 1. The fraction of sp³-hybridized carbons (Fsp3) is 0.364. The third kappa shape index (κ3) is 3.65. The molecular weight excluding hydrogens is 368 g/mol. The molecule has 29 heavy (non-hydrogen) atoms. The van der Waals surface area contributed by atoms with E-state index in [4.69, 9.17) is 9.47 Å². The Bertz CT molecular complexity index is 1040. The van der Waals surface area contributed by atoms with Crippen LogP contribution < -0.4 is 0 Å². The quantitative estimate of drug-likeness (QED) is 0.671. The van der Waals surface area contributed by atoms with Gasteiger partial charge in [-0.15, -0.1) is 0 Å². The van der Waals surface area contributed by atoms with E-state index in [1.165, 1.54) is 0 Å². The molecule has 3 aromatic rings. The molecule has 0 unspecified atom stereocenters. The highest BCUT2D eigenvalue weighted by molar-refractivity contribution is 5.94. The van der Waals surface area contributed by atoms with Crippen LogP contribution >= 0.6 is 0 Å². The lowest BCUT2D eigenvalue weighted by Crippen LogP contribution is -2.35. The van der Waals surface area contributed by atoms with Gasteiger partial charge in [-0.05, 0) is 44.5 Å². The first-order valence-corrected chi connectivity index (χ1v) is 9.84. The molecule has 4 rings (SSSR count). The molecule has 1 N–H and O–H groups in total. The summed E-state index contributed by atoms with van der Waals surface area (Å²) in [5, 5.41) is 7.05. The normalized spacial score (nSPS) is 14.6. The second-order valence-corrected chi connectivity index (χ2v) is 7.53. The molecule has 0 aliphatic carbocycles. The SMILES string of the molecule is C=C(c1c(C)c(C(=O)OC(C)C)cc2cc(-c3ccn[nH]3)cn12)N1CCOCC1. The lowest BCUT2D eigenvalue weighted by atomic mass is 10.0. The van der Waals surface area contributed by atoms with Crippen molar-refractivity contribution >= 4 is 17.2 Å². The second-order valence-electron chi connectivity index (χ2n) is 7.53. The van der Waals surface area contributed by atoms with Crippen LogP contribution in [0.25, 0.3) is 22.5 Å². The molecule has 152 valence electrons. The van der Waals surface area contributed by atoms with Crippen molar-refractivity contribution < 1.29 is 14.3 Å². The van der Waals surface area contributed by atoms with Crippen LogP contribution in [0.15, 0.2) is 37.2 Å². The van der Waals surface area contributed by atoms with Gasteiger partial charge in [-0.1, -0.05) is 6.58 Å². The average Bonchev–Trinajstić information content (AvgIpc) is 3.36. The molecule has 1 fully saturated rings. The van der Waals surface area contributed by atoms with E-state index in [0.717, 1.165) is 46.8 Å². The van der Waals surface area contributed by atoms with E-state index in [1.54, 1.807) is 6.20 Å². The number of ether oxygens (including phenoxy) is 2. The van der Waals surface area contributed by atoms with Gasteiger partial charge in [0.15, 0.2) is 0 Å². The van der Waals surface area contributed by atoms with Crippen molar-refractivity contribution in [3.63, 3.8) is 0 Å². The Balaban J connectivity index is 1.88. The van der Waals surface area contributed by atoms with Crippen molar-refractivity contribution in [2.45, 2.75) is 26.9 Å². The van der Waals surface area contributed by atoms with Gasteiger partial charge in [-0.2, -0.15) is 5.10 Å². The van der Waals surface area contributed by atoms with Gasteiger partial charge in [0.05, 0.1) is 42.0 Å². The number of esters is 1. The van der Waals surface area contributed by atoms with Crippen molar-refractivity contribution in [1.29, 1.82) is 0 Å². The maximum atomic E-state index is 12.8. The van der Waals surface area contributed by atoms with Crippen LogP contribution in [-0.4, -0.2) is 57.9 Å². The zero-order chi connectivity index (χ0) is 20.5. The first-order chi connectivity index (χ1) is 14.0. The lowest BCUT2D eigenvalue weighted by molar-refractivity contribution is 0.0377. The molecule has 1 aliphatic rings. The van der Waals surface area contributed by atoms with Crippen molar-refractivity contribution in [3.8, 4) is 11.3 Å². The zero-order valence-corrected chi connectivity index (χ0v) is 17.1. The molecule has 0 aromatic carbocycles. The molecule has 4 heterocycles. The molecule has 7 nitrogen and oxygen atoms in total. The minimum atomic E-state index is -0.319. The summed E-state index contributed by atoms with van der Waals surface area (Å²) in [5.41, 5.74) is 6.01. The van der Waals surface area contributed by atoms with Crippen molar-refractivity contribution in [2.75, 3.05) is 26.3 Å². The summed E-state index contributed by atoms with van der Waals surface area (Å²) in [6.07, 6.45) is 3.59. The number of H-pyrrole nitrogens is 1. The Morgan fingerprint density at radius 1 is 1.31 bits per heavy atom. The van der Waals surface area contributed by atoms with Gasteiger partial charge in [0, 0.05) is 36.6 Å². The largest absolute Gasteiger partial charge is 0.459 e. The van der Waals surface area contributed by atoms with E-state index in [-0.39, 0.29) is 12.1 Å². The number of rotatable bonds is 5. The molecule has 7 heteroatoms. The highest BCUT2D eigenvalue weighted by Crippen LogP contribution is 2.31. The number of carbonyl (C=O) groups is 1. The summed E-state index contributed by atoms with van der Waals surface area (Å²) in [5.74, 6) is -0.319. The second kappa shape index (κ2) is 7.75. The number of nitrogens with zero attached hydrogens (tertiary/aromatic N) is 3.